The van der Waals surface area contributed by atoms with Gasteiger partial charge in [-0.1, -0.05) is 25.5 Å². The van der Waals surface area contributed by atoms with Crippen LogP contribution in [0.4, 0.5) is 9.39 Å². The fourth-order valence-corrected chi connectivity index (χ4v) is 4.66. The van der Waals surface area contributed by atoms with Gasteiger partial charge in [-0.15, -0.1) is 11.3 Å². The third-order valence-electron chi connectivity index (χ3n) is 4.87. The van der Waals surface area contributed by atoms with Crippen molar-refractivity contribution in [2.24, 2.45) is 5.92 Å². The predicted molar refractivity (Wildman–Crippen MR) is 106 cm³/mol. The molecule has 0 saturated heterocycles. The van der Waals surface area contributed by atoms with Crippen molar-refractivity contribution in [2.45, 2.75) is 32.6 Å². The molecule has 2 aromatic rings. The van der Waals surface area contributed by atoms with E-state index in [9.17, 15) is 14.0 Å². The van der Waals surface area contributed by atoms with Gasteiger partial charge in [0.1, 0.15) is 10.8 Å². The van der Waals surface area contributed by atoms with E-state index in [-0.39, 0.29) is 11.7 Å². The Balaban J connectivity index is 1.81. The minimum atomic E-state index is -0.416. The maximum absolute atomic E-state index is 12.9. The highest BCUT2D eigenvalue weighted by atomic mass is 32.1. The van der Waals surface area contributed by atoms with Crippen LogP contribution in [-0.4, -0.2) is 19.0 Å². The maximum Gasteiger partial charge on any atom is 0.341 e. The van der Waals surface area contributed by atoms with E-state index in [4.69, 9.17) is 4.74 Å². The maximum atomic E-state index is 12.9. The van der Waals surface area contributed by atoms with Crippen LogP contribution in [-0.2, 0) is 22.4 Å². The number of halogens is 1. The summed E-state index contributed by atoms with van der Waals surface area (Å²) in [7, 11) is 1.35. The number of amides is 1. The van der Waals surface area contributed by atoms with Crippen LogP contribution in [0.3, 0.4) is 0 Å². The average Bonchev–Trinajstić information content (AvgIpc) is 3.03. The number of nitrogens with one attached hydrogen (secondary N) is 1. The van der Waals surface area contributed by atoms with Crippen LogP contribution in [0, 0.1) is 11.7 Å². The smallest absolute Gasteiger partial charge is 0.341 e. The first-order chi connectivity index (χ1) is 13.0. The summed E-state index contributed by atoms with van der Waals surface area (Å²) in [5.74, 6) is -0.465. The Morgan fingerprint density at radius 1 is 1.33 bits per heavy atom. The number of benzene rings is 1. The molecule has 1 N–H and O–H groups in total. The third-order valence-corrected chi connectivity index (χ3v) is 6.04. The molecule has 6 heteroatoms. The molecule has 0 fully saturated rings. The molecule has 1 amide bonds. The van der Waals surface area contributed by atoms with Crippen LogP contribution in [0.5, 0.6) is 0 Å². The second kappa shape index (κ2) is 8.48. The fourth-order valence-electron chi connectivity index (χ4n) is 3.31. The third kappa shape index (κ3) is 4.45. The molecular weight excluding hydrogens is 365 g/mol. The summed E-state index contributed by atoms with van der Waals surface area (Å²) in [5, 5.41) is 3.35. The fraction of sp³-hybridized carbons (Fsp3) is 0.333. The van der Waals surface area contributed by atoms with E-state index in [0.717, 1.165) is 41.7 Å². The lowest BCUT2D eigenvalue weighted by Crippen LogP contribution is -2.15. The van der Waals surface area contributed by atoms with Crippen LogP contribution in [0.2, 0.25) is 0 Å². The Morgan fingerprint density at radius 3 is 2.74 bits per heavy atom. The van der Waals surface area contributed by atoms with E-state index in [2.05, 4.69) is 12.2 Å². The van der Waals surface area contributed by atoms with Gasteiger partial charge in [0.05, 0.1) is 12.7 Å². The van der Waals surface area contributed by atoms with E-state index >= 15 is 0 Å². The van der Waals surface area contributed by atoms with E-state index in [1.54, 1.807) is 18.2 Å². The number of hydrogen-bond acceptors (Lipinski definition) is 4. The van der Waals surface area contributed by atoms with Crippen LogP contribution < -0.4 is 5.32 Å². The van der Waals surface area contributed by atoms with Gasteiger partial charge in [-0.3, -0.25) is 4.79 Å². The summed E-state index contributed by atoms with van der Waals surface area (Å²) < 4.78 is 17.9. The van der Waals surface area contributed by atoms with E-state index < -0.39 is 5.97 Å². The monoisotopic (exact) mass is 387 g/mol. The lowest BCUT2D eigenvalue weighted by Gasteiger charge is -2.20. The zero-order valence-corrected chi connectivity index (χ0v) is 16.2. The molecule has 4 nitrogen and oxygen atoms in total. The Bertz CT molecular complexity index is 870. The first kappa shape index (κ1) is 19.3. The number of fused-ring (bicyclic) bond motifs is 1. The average molecular weight is 387 g/mol. The van der Waals surface area contributed by atoms with Gasteiger partial charge >= 0.3 is 5.97 Å². The lowest BCUT2D eigenvalue weighted by molar-refractivity contribution is -0.111. The van der Waals surface area contributed by atoms with Crippen molar-refractivity contribution < 1.29 is 18.7 Å². The number of carbonyl (C=O) groups is 2. The second-order valence-electron chi connectivity index (χ2n) is 6.59. The number of rotatable bonds is 5. The summed E-state index contributed by atoms with van der Waals surface area (Å²) in [5.41, 5.74) is 2.21. The van der Waals surface area contributed by atoms with Crippen LogP contribution in [0.25, 0.3) is 6.08 Å². The van der Waals surface area contributed by atoms with Gasteiger partial charge in [0.2, 0.25) is 5.91 Å². The molecule has 0 bridgehead atoms. The minimum Gasteiger partial charge on any atom is -0.465 e. The molecule has 1 aromatic heterocycles. The van der Waals surface area contributed by atoms with Crippen molar-refractivity contribution in [2.75, 3.05) is 12.4 Å². The summed E-state index contributed by atoms with van der Waals surface area (Å²) in [6.45, 7) is 2.17. The number of hydrogen-bond donors (Lipinski definition) is 1. The van der Waals surface area contributed by atoms with Crippen molar-refractivity contribution in [3.05, 3.63) is 57.7 Å². The molecule has 27 heavy (non-hydrogen) atoms. The first-order valence-electron chi connectivity index (χ1n) is 8.99. The Hall–Kier alpha value is -2.47. The van der Waals surface area contributed by atoms with Gasteiger partial charge in [0.15, 0.2) is 0 Å². The lowest BCUT2D eigenvalue weighted by atomic mass is 9.86. The van der Waals surface area contributed by atoms with Crippen LogP contribution >= 0.6 is 11.3 Å². The van der Waals surface area contributed by atoms with E-state index in [1.807, 2.05) is 0 Å². The van der Waals surface area contributed by atoms with Gasteiger partial charge in [0.25, 0.3) is 0 Å². The number of ether oxygens (including phenoxy) is 1. The molecule has 1 aliphatic rings. The first-order valence-corrected chi connectivity index (χ1v) is 9.81. The SMILES string of the molecule is CC[C@@H]1CCc2c(sc(NC(=O)/C=C\c3ccc(F)cc3)c2C(=O)OC)C1. The summed E-state index contributed by atoms with van der Waals surface area (Å²) in [6, 6.07) is 5.86. The van der Waals surface area contributed by atoms with E-state index in [0.29, 0.717) is 16.5 Å². The molecule has 0 aliphatic heterocycles. The zero-order valence-electron chi connectivity index (χ0n) is 15.4. The molecule has 3 rings (SSSR count). The van der Waals surface area contributed by atoms with Crippen molar-refractivity contribution in [3.8, 4) is 0 Å². The molecular formula is C21H22FNO3S. The molecule has 0 radical (unpaired) electrons. The molecule has 1 heterocycles. The van der Waals surface area contributed by atoms with Crippen molar-refractivity contribution in [3.63, 3.8) is 0 Å². The Kier molecular flexibility index (Phi) is 6.06. The highest BCUT2D eigenvalue weighted by molar-refractivity contribution is 7.17. The standard InChI is InChI=1S/C21H22FNO3S/c1-3-13-6-10-16-17(12-13)27-20(19(16)21(25)26-2)23-18(24)11-7-14-4-8-15(22)9-5-14/h4-5,7-9,11,13H,3,6,10,12H2,1-2H3,(H,23,24)/b11-7-/t13-/m1/s1. The van der Waals surface area contributed by atoms with Crippen molar-refractivity contribution in [1.29, 1.82) is 0 Å². The Morgan fingerprint density at radius 2 is 2.07 bits per heavy atom. The van der Waals surface area contributed by atoms with E-state index in [1.165, 1.54) is 36.7 Å². The molecule has 1 aromatic carbocycles. The number of esters is 1. The zero-order chi connectivity index (χ0) is 19.4. The molecule has 0 spiro atoms. The highest BCUT2D eigenvalue weighted by Gasteiger charge is 2.29. The molecule has 1 aliphatic carbocycles. The summed E-state index contributed by atoms with van der Waals surface area (Å²) >= 11 is 1.46. The van der Waals surface area contributed by atoms with Crippen molar-refractivity contribution >= 4 is 34.3 Å². The molecule has 0 unspecified atom stereocenters. The minimum absolute atomic E-state index is 0.325. The van der Waals surface area contributed by atoms with Gasteiger partial charge in [-0.05, 0) is 54.5 Å². The highest BCUT2D eigenvalue weighted by Crippen LogP contribution is 2.40. The van der Waals surface area contributed by atoms with Gasteiger partial charge in [0, 0.05) is 11.0 Å². The quantitative estimate of drug-likeness (QED) is 0.590. The second-order valence-corrected chi connectivity index (χ2v) is 7.70. The Labute approximate surface area is 162 Å². The normalized spacial score (nSPS) is 16.2. The van der Waals surface area contributed by atoms with Crippen molar-refractivity contribution in [1.82, 2.24) is 0 Å². The number of carbonyl (C=O) groups excluding carboxylic acids is 2. The number of thiophene rings is 1. The van der Waals surface area contributed by atoms with Gasteiger partial charge < -0.3 is 10.1 Å². The van der Waals surface area contributed by atoms with Crippen LogP contribution in [0.1, 0.15) is 46.1 Å². The van der Waals surface area contributed by atoms with Crippen LogP contribution in [0.15, 0.2) is 30.3 Å². The predicted octanol–water partition coefficient (Wildman–Crippen LogP) is 4.84. The topological polar surface area (TPSA) is 55.4 Å². The summed E-state index contributed by atoms with van der Waals surface area (Å²) in [4.78, 5) is 25.8. The summed E-state index contributed by atoms with van der Waals surface area (Å²) in [6.07, 6.45) is 6.89. The molecule has 1 atom stereocenters. The number of anilines is 1. The molecule has 0 saturated carbocycles. The van der Waals surface area contributed by atoms with Gasteiger partial charge in [-0.25, -0.2) is 9.18 Å². The largest absolute Gasteiger partial charge is 0.465 e. The molecule has 142 valence electrons. The van der Waals surface area contributed by atoms with Gasteiger partial charge in [-0.2, -0.15) is 0 Å². The number of methoxy groups -OCH3 is 1.